The van der Waals surface area contributed by atoms with Crippen LogP contribution in [0.1, 0.15) is 49.3 Å². The van der Waals surface area contributed by atoms with E-state index in [0.29, 0.717) is 0 Å². The summed E-state index contributed by atoms with van der Waals surface area (Å²) in [6.07, 6.45) is 9.74. The van der Waals surface area contributed by atoms with Crippen LogP contribution in [0.2, 0.25) is 0 Å². The van der Waals surface area contributed by atoms with Gasteiger partial charge in [-0.05, 0) is 37.8 Å². The van der Waals surface area contributed by atoms with E-state index >= 15 is 0 Å². The molecule has 1 aromatic carbocycles. The average molecular weight is 202 g/mol. The Hall–Kier alpha value is -1.04. The lowest BCUT2D eigenvalue weighted by atomic mass is 10.0. The molecule has 82 valence electrons. The van der Waals surface area contributed by atoms with Crippen molar-refractivity contribution in [3.8, 4) is 0 Å². The van der Waals surface area contributed by atoms with Crippen LogP contribution in [0, 0.1) is 13.8 Å². The zero-order chi connectivity index (χ0) is 11.1. The second-order valence-corrected chi connectivity index (χ2v) is 4.26. The molecule has 0 bridgehead atoms. The van der Waals surface area contributed by atoms with Crippen LogP contribution in [0.15, 0.2) is 24.3 Å². The van der Waals surface area contributed by atoms with E-state index in [1.165, 1.54) is 42.4 Å². The van der Waals surface area contributed by atoms with Gasteiger partial charge in [-0.3, -0.25) is 0 Å². The summed E-state index contributed by atoms with van der Waals surface area (Å²) < 4.78 is 0. The van der Waals surface area contributed by atoms with Gasteiger partial charge in [0, 0.05) is 0 Å². The van der Waals surface area contributed by atoms with Gasteiger partial charge in [-0.2, -0.15) is 0 Å². The van der Waals surface area contributed by atoms with Gasteiger partial charge >= 0.3 is 0 Å². The zero-order valence-corrected chi connectivity index (χ0v) is 10.2. The maximum Gasteiger partial charge on any atom is -0.0228 e. The molecule has 0 aliphatic carbocycles. The lowest BCUT2D eigenvalue weighted by Crippen LogP contribution is -1.82. The summed E-state index contributed by atoms with van der Waals surface area (Å²) in [5.41, 5.74) is 4.08. The predicted octanol–water partition coefficient (Wildman–Crippen LogP) is 4.90. The lowest BCUT2D eigenvalue weighted by Gasteiger charge is -2.01. The van der Waals surface area contributed by atoms with E-state index in [-0.39, 0.29) is 0 Å². The molecule has 0 aliphatic rings. The van der Waals surface area contributed by atoms with Crippen LogP contribution in [0.5, 0.6) is 0 Å². The van der Waals surface area contributed by atoms with Gasteiger partial charge in [0.2, 0.25) is 0 Å². The summed E-state index contributed by atoms with van der Waals surface area (Å²) >= 11 is 0. The number of benzene rings is 1. The fourth-order valence-corrected chi connectivity index (χ4v) is 1.66. The van der Waals surface area contributed by atoms with Crippen molar-refractivity contribution in [2.45, 2.75) is 46.5 Å². The molecule has 0 unspecified atom stereocenters. The summed E-state index contributed by atoms with van der Waals surface area (Å²) in [6, 6.07) is 6.62. The van der Waals surface area contributed by atoms with Crippen LogP contribution < -0.4 is 0 Å². The van der Waals surface area contributed by atoms with E-state index in [2.05, 4.69) is 51.1 Å². The number of aryl methyl sites for hydroxylation is 2. The quantitative estimate of drug-likeness (QED) is 0.596. The summed E-state index contributed by atoms with van der Waals surface area (Å²) in [5, 5.41) is 0. The Bertz CT molecular complexity index is 321. The monoisotopic (exact) mass is 202 g/mol. The minimum atomic E-state index is 1.21. The normalized spacial score (nSPS) is 11.1. The van der Waals surface area contributed by atoms with Gasteiger partial charge in [0.25, 0.3) is 0 Å². The minimum absolute atomic E-state index is 1.21. The Morgan fingerprint density at radius 1 is 1.13 bits per heavy atom. The van der Waals surface area contributed by atoms with Crippen molar-refractivity contribution >= 4 is 6.08 Å². The molecule has 15 heavy (non-hydrogen) atoms. The molecule has 0 spiro atoms. The number of rotatable bonds is 5. The van der Waals surface area contributed by atoms with E-state index in [0.717, 1.165) is 0 Å². The van der Waals surface area contributed by atoms with Gasteiger partial charge in [-0.15, -0.1) is 0 Å². The molecule has 1 rings (SSSR count). The first-order valence-electron chi connectivity index (χ1n) is 5.98. The first kappa shape index (κ1) is 12.0. The summed E-state index contributed by atoms with van der Waals surface area (Å²) in [7, 11) is 0. The van der Waals surface area contributed by atoms with Crippen LogP contribution in [0.4, 0.5) is 0 Å². The van der Waals surface area contributed by atoms with Crippen molar-refractivity contribution in [1.82, 2.24) is 0 Å². The maximum atomic E-state index is 2.30. The molecule has 0 aromatic heterocycles. The first-order valence-corrected chi connectivity index (χ1v) is 5.98. The third-order valence-corrected chi connectivity index (χ3v) is 2.71. The predicted molar refractivity (Wildman–Crippen MR) is 69.1 cm³/mol. The molecule has 0 fully saturated rings. The third-order valence-electron chi connectivity index (χ3n) is 2.71. The maximum absolute atomic E-state index is 2.30. The Morgan fingerprint density at radius 2 is 1.93 bits per heavy atom. The van der Waals surface area contributed by atoms with E-state index in [1.54, 1.807) is 0 Å². The molecule has 0 heterocycles. The van der Waals surface area contributed by atoms with Crippen molar-refractivity contribution in [2.24, 2.45) is 0 Å². The van der Waals surface area contributed by atoms with Crippen molar-refractivity contribution in [1.29, 1.82) is 0 Å². The van der Waals surface area contributed by atoms with Gasteiger partial charge in [0.15, 0.2) is 0 Å². The van der Waals surface area contributed by atoms with Gasteiger partial charge in [-0.25, -0.2) is 0 Å². The Labute approximate surface area is 94.0 Å². The molecule has 0 nitrogen and oxygen atoms in total. The van der Waals surface area contributed by atoms with Crippen molar-refractivity contribution < 1.29 is 0 Å². The Balaban J connectivity index is 2.52. The molecule has 0 saturated carbocycles. The number of allylic oxidation sites excluding steroid dienone is 1. The summed E-state index contributed by atoms with van der Waals surface area (Å²) in [6.45, 7) is 6.56. The van der Waals surface area contributed by atoms with E-state index in [9.17, 15) is 0 Å². The standard InChI is InChI=1S/C15H22/c1-4-5-6-7-8-9-15-12-13(2)10-11-14(15)3/h8-12H,4-7H2,1-3H3. The molecule has 0 saturated heterocycles. The summed E-state index contributed by atoms with van der Waals surface area (Å²) in [4.78, 5) is 0. The zero-order valence-electron chi connectivity index (χ0n) is 10.2. The Morgan fingerprint density at radius 3 is 2.67 bits per heavy atom. The molecule has 0 radical (unpaired) electrons. The number of hydrogen-bond donors (Lipinski definition) is 0. The van der Waals surface area contributed by atoms with Gasteiger partial charge in [0.05, 0.1) is 0 Å². The van der Waals surface area contributed by atoms with Gasteiger partial charge in [0.1, 0.15) is 0 Å². The molecular formula is C15H22. The molecule has 0 N–H and O–H groups in total. The summed E-state index contributed by atoms with van der Waals surface area (Å²) in [5.74, 6) is 0. The first-order chi connectivity index (χ1) is 7.24. The SMILES string of the molecule is CCCCCC=Cc1cc(C)ccc1C. The number of unbranched alkanes of at least 4 members (excludes halogenated alkanes) is 3. The van der Waals surface area contributed by atoms with E-state index in [1.807, 2.05) is 0 Å². The molecule has 0 aliphatic heterocycles. The van der Waals surface area contributed by atoms with Crippen molar-refractivity contribution in [3.05, 3.63) is 41.0 Å². The lowest BCUT2D eigenvalue weighted by molar-refractivity contribution is 0.730. The Kier molecular flexibility index (Phi) is 5.17. The van der Waals surface area contributed by atoms with Crippen molar-refractivity contribution in [3.63, 3.8) is 0 Å². The fraction of sp³-hybridized carbons (Fsp3) is 0.467. The van der Waals surface area contributed by atoms with E-state index < -0.39 is 0 Å². The minimum Gasteiger partial charge on any atom is -0.0839 e. The molecular weight excluding hydrogens is 180 g/mol. The van der Waals surface area contributed by atoms with Crippen LogP contribution >= 0.6 is 0 Å². The highest BCUT2D eigenvalue weighted by Crippen LogP contribution is 2.13. The highest BCUT2D eigenvalue weighted by molar-refractivity contribution is 5.54. The number of hydrogen-bond acceptors (Lipinski definition) is 0. The van der Waals surface area contributed by atoms with Crippen LogP contribution in [0.25, 0.3) is 6.08 Å². The van der Waals surface area contributed by atoms with E-state index in [4.69, 9.17) is 0 Å². The van der Waals surface area contributed by atoms with Crippen LogP contribution in [-0.4, -0.2) is 0 Å². The average Bonchev–Trinajstić information content (AvgIpc) is 2.23. The highest BCUT2D eigenvalue weighted by Gasteiger charge is 1.93. The second-order valence-electron chi connectivity index (χ2n) is 4.26. The highest BCUT2D eigenvalue weighted by atomic mass is 14.0. The fourth-order valence-electron chi connectivity index (χ4n) is 1.66. The van der Waals surface area contributed by atoms with Crippen LogP contribution in [0.3, 0.4) is 0 Å². The van der Waals surface area contributed by atoms with Crippen molar-refractivity contribution in [2.75, 3.05) is 0 Å². The largest absolute Gasteiger partial charge is 0.0839 e. The molecule has 0 amide bonds. The third kappa shape index (κ3) is 4.33. The molecule has 0 heteroatoms. The van der Waals surface area contributed by atoms with Gasteiger partial charge < -0.3 is 0 Å². The van der Waals surface area contributed by atoms with Gasteiger partial charge in [-0.1, -0.05) is 55.7 Å². The molecule has 0 atom stereocenters. The molecule has 1 aromatic rings. The topological polar surface area (TPSA) is 0 Å². The van der Waals surface area contributed by atoms with Crippen LogP contribution in [-0.2, 0) is 0 Å². The smallest absolute Gasteiger partial charge is 0.0228 e. The second kappa shape index (κ2) is 6.44.